The van der Waals surface area contributed by atoms with Crippen LogP contribution in [-0.4, -0.2) is 4.98 Å². The summed E-state index contributed by atoms with van der Waals surface area (Å²) in [7, 11) is 0. The second-order valence-corrected chi connectivity index (χ2v) is 6.06. The second kappa shape index (κ2) is 6.02. The van der Waals surface area contributed by atoms with Crippen LogP contribution >= 0.6 is 50.1 Å². The van der Waals surface area contributed by atoms with Gasteiger partial charge in [-0.2, -0.15) is 0 Å². The van der Waals surface area contributed by atoms with E-state index in [9.17, 15) is 0 Å². The quantitative estimate of drug-likeness (QED) is 0.723. The smallest absolute Gasteiger partial charge is 0.0648 e. The fourth-order valence-electron chi connectivity index (χ4n) is 1.38. The van der Waals surface area contributed by atoms with Gasteiger partial charge in [0.25, 0.3) is 0 Å². The number of nitrogens with one attached hydrogen (secondary N) is 1. The molecule has 1 aromatic heterocycles. The summed E-state index contributed by atoms with van der Waals surface area (Å²) in [5, 5.41) is 4.02. The van der Waals surface area contributed by atoms with E-state index in [1.807, 2.05) is 30.5 Å². The van der Waals surface area contributed by atoms with Gasteiger partial charge in [0.1, 0.15) is 0 Å². The Kier molecular flexibility index (Phi) is 4.64. The summed E-state index contributed by atoms with van der Waals surface area (Å²) in [4.78, 5) is 4.11. The maximum Gasteiger partial charge on any atom is 0.0648 e. The standard InChI is InChI=1S/C12H9BrClIN2/c13-9-3-8(5-16-7-9)6-17-12-2-1-10(15)4-11(12)14/h1-5,7,17H,6H2. The molecule has 17 heavy (non-hydrogen) atoms. The van der Waals surface area contributed by atoms with E-state index in [-0.39, 0.29) is 0 Å². The van der Waals surface area contributed by atoms with E-state index < -0.39 is 0 Å². The first-order valence-electron chi connectivity index (χ1n) is 4.93. The number of benzene rings is 1. The lowest BCUT2D eigenvalue weighted by Gasteiger charge is -2.08. The van der Waals surface area contributed by atoms with E-state index in [1.165, 1.54) is 0 Å². The van der Waals surface area contributed by atoms with Crippen LogP contribution < -0.4 is 5.32 Å². The summed E-state index contributed by atoms with van der Waals surface area (Å²) in [6, 6.07) is 7.97. The van der Waals surface area contributed by atoms with Crippen molar-refractivity contribution in [3.05, 3.63) is 55.3 Å². The third kappa shape index (κ3) is 3.82. The first-order chi connectivity index (χ1) is 8.15. The maximum atomic E-state index is 6.13. The average Bonchev–Trinajstić information content (AvgIpc) is 2.28. The van der Waals surface area contributed by atoms with Gasteiger partial charge in [0.2, 0.25) is 0 Å². The Labute approximate surface area is 127 Å². The monoisotopic (exact) mass is 422 g/mol. The Morgan fingerprint density at radius 1 is 1.29 bits per heavy atom. The first kappa shape index (κ1) is 13.1. The van der Waals surface area contributed by atoms with Crippen molar-refractivity contribution in [2.45, 2.75) is 6.54 Å². The molecule has 0 saturated carbocycles. The fourth-order valence-corrected chi connectivity index (χ4v) is 2.72. The van der Waals surface area contributed by atoms with Gasteiger partial charge >= 0.3 is 0 Å². The molecular formula is C12H9BrClIN2. The number of hydrogen-bond acceptors (Lipinski definition) is 2. The van der Waals surface area contributed by atoms with E-state index in [2.05, 4.69) is 48.8 Å². The number of pyridine rings is 1. The molecule has 0 aliphatic carbocycles. The van der Waals surface area contributed by atoms with E-state index in [0.29, 0.717) is 6.54 Å². The molecule has 88 valence electrons. The van der Waals surface area contributed by atoms with Crippen LogP contribution in [0.1, 0.15) is 5.56 Å². The molecule has 5 heteroatoms. The lowest BCUT2D eigenvalue weighted by molar-refractivity contribution is 1.11. The molecule has 0 bridgehead atoms. The van der Waals surface area contributed by atoms with Gasteiger partial charge in [-0.25, -0.2) is 0 Å². The molecule has 0 amide bonds. The largest absolute Gasteiger partial charge is 0.380 e. The van der Waals surface area contributed by atoms with Gasteiger partial charge in [0.05, 0.1) is 10.7 Å². The van der Waals surface area contributed by atoms with Crippen LogP contribution in [0.5, 0.6) is 0 Å². The van der Waals surface area contributed by atoms with Crippen molar-refractivity contribution >= 4 is 55.8 Å². The number of aromatic nitrogens is 1. The highest BCUT2D eigenvalue weighted by Crippen LogP contribution is 2.24. The number of anilines is 1. The summed E-state index contributed by atoms with van der Waals surface area (Å²) in [5.74, 6) is 0. The van der Waals surface area contributed by atoms with Crippen molar-refractivity contribution in [1.29, 1.82) is 0 Å². The predicted octanol–water partition coefficient (Wildman–Crippen LogP) is 4.71. The fraction of sp³-hybridized carbons (Fsp3) is 0.0833. The third-order valence-corrected chi connectivity index (χ3v) is 3.59. The molecule has 1 N–H and O–H groups in total. The van der Waals surface area contributed by atoms with Gasteiger partial charge in [-0.1, -0.05) is 11.6 Å². The van der Waals surface area contributed by atoms with Crippen LogP contribution in [0.25, 0.3) is 0 Å². The van der Waals surface area contributed by atoms with Gasteiger partial charge in [-0.3, -0.25) is 4.98 Å². The number of rotatable bonds is 3. The van der Waals surface area contributed by atoms with Crippen LogP contribution in [0.3, 0.4) is 0 Å². The third-order valence-electron chi connectivity index (χ3n) is 2.18. The minimum absolute atomic E-state index is 0.701. The lowest BCUT2D eigenvalue weighted by Crippen LogP contribution is -2.00. The van der Waals surface area contributed by atoms with Crippen molar-refractivity contribution in [2.24, 2.45) is 0 Å². The molecule has 0 unspecified atom stereocenters. The minimum atomic E-state index is 0.701. The maximum absolute atomic E-state index is 6.13. The molecule has 0 saturated heterocycles. The van der Waals surface area contributed by atoms with Gasteiger partial charge in [0.15, 0.2) is 0 Å². The molecule has 0 aliphatic rings. The average molecular weight is 423 g/mol. The molecule has 0 atom stereocenters. The van der Waals surface area contributed by atoms with E-state index in [1.54, 1.807) is 6.20 Å². The Hall–Kier alpha value is -0.330. The van der Waals surface area contributed by atoms with Crippen molar-refractivity contribution in [2.75, 3.05) is 5.32 Å². The molecule has 0 radical (unpaired) electrons. The van der Waals surface area contributed by atoms with Gasteiger partial charge in [-0.15, -0.1) is 0 Å². The Bertz CT molecular complexity index is 534. The van der Waals surface area contributed by atoms with Crippen LogP contribution in [0, 0.1) is 3.57 Å². The second-order valence-electron chi connectivity index (χ2n) is 3.49. The number of hydrogen-bond donors (Lipinski definition) is 1. The van der Waals surface area contributed by atoms with E-state index in [0.717, 1.165) is 24.3 Å². The summed E-state index contributed by atoms with van der Waals surface area (Å²) >= 11 is 11.8. The molecule has 0 fully saturated rings. The van der Waals surface area contributed by atoms with Crippen LogP contribution in [0.15, 0.2) is 41.1 Å². The normalized spacial score (nSPS) is 10.3. The van der Waals surface area contributed by atoms with Gasteiger partial charge < -0.3 is 5.32 Å². The Morgan fingerprint density at radius 2 is 2.12 bits per heavy atom. The molecule has 2 aromatic rings. The molecule has 2 nitrogen and oxygen atoms in total. The van der Waals surface area contributed by atoms with Crippen molar-refractivity contribution in [3.8, 4) is 0 Å². The highest BCUT2D eigenvalue weighted by molar-refractivity contribution is 14.1. The van der Waals surface area contributed by atoms with E-state index >= 15 is 0 Å². The molecule has 0 aliphatic heterocycles. The Morgan fingerprint density at radius 3 is 2.82 bits per heavy atom. The Balaban J connectivity index is 2.07. The number of nitrogens with zero attached hydrogens (tertiary/aromatic N) is 1. The van der Waals surface area contributed by atoms with E-state index in [4.69, 9.17) is 11.6 Å². The zero-order chi connectivity index (χ0) is 12.3. The van der Waals surface area contributed by atoms with Crippen molar-refractivity contribution in [1.82, 2.24) is 4.98 Å². The van der Waals surface area contributed by atoms with Crippen LogP contribution in [-0.2, 0) is 6.54 Å². The molecule has 1 aromatic carbocycles. The summed E-state index contributed by atoms with van der Waals surface area (Å²) < 4.78 is 2.10. The predicted molar refractivity (Wildman–Crippen MR) is 83.4 cm³/mol. The first-order valence-corrected chi connectivity index (χ1v) is 7.18. The molecule has 1 heterocycles. The van der Waals surface area contributed by atoms with Gasteiger partial charge in [-0.05, 0) is 68.3 Å². The highest BCUT2D eigenvalue weighted by Gasteiger charge is 2.01. The SMILES string of the molecule is Clc1cc(I)ccc1NCc1cncc(Br)c1. The molecular weight excluding hydrogens is 414 g/mol. The summed E-state index contributed by atoms with van der Waals surface area (Å²) in [6.45, 7) is 0.701. The zero-order valence-corrected chi connectivity index (χ0v) is 13.3. The number of halogens is 3. The highest BCUT2D eigenvalue weighted by atomic mass is 127. The van der Waals surface area contributed by atoms with Crippen molar-refractivity contribution < 1.29 is 0 Å². The zero-order valence-electron chi connectivity index (χ0n) is 8.75. The molecule has 0 spiro atoms. The van der Waals surface area contributed by atoms with Crippen LogP contribution in [0.4, 0.5) is 5.69 Å². The van der Waals surface area contributed by atoms with Gasteiger partial charge in [0, 0.05) is 27.0 Å². The van der Waals surface area contributed by atoms with Crippen molar-refractivity contribution in [3.63, 3.8) is 0 Å². The lowest BCUT2D eigenvalue weighted by atomic mass is 10.2. The minimum Gasteiger partial charge on any atom is -0.380 e. The summed E-state index contributed by atoms with van der Waals surface area (Å²) in [5.41, 5.74) is 2.04. The molecule has 2 rings (SSSR count). The van der Waals surface area contributed by atoms with Crippen LogP contribution in [0.2, 0.25) is 5.02 Å². The summed E-state index contributed by atoms with van der Waals surface area (Å²) in [6.07, 6.45) is 3.60. The topological polar surface area (TPSA) is 24.9 Å².